The van der Waals surface area contributed by atoms with Gasteiger partial charge in [-0.2, -0.15) is 0 Å². The molecule has 1 N–H and O–H groups in total. The lowest BCUT2D eigenvalue weighted by molar-refractivity contribution is 0.0316. The lowest BCUT2D eigenvalue weighted by atomic mass is 9.84. The molecule has 0 bridgehead atoms. The number of likely N-dealkylation sites (tertiary alicyclic amines) is 2. The monoisotopic (exact) mass is 309 g/mol. The first-order chi connectivity index (χ1) is 10.1. The van der Waals surface area contributed by atoms with E-state index in [9.17, 15) is 9.59 Å². The van der Waals surface area contributed by atoms with Gasteiger partial charge in [0.2, 0.25) is 0 Å². The number of amides is 1. The Morgan fingerprint density at radius 1 is 1.38 bits per heavy atom. The van der Waals surface area contributed by atoms with Gasteiger partial charge in [-0.1, -0.05) is 0 Å². The van der Waals surface area contributed by atoms with Crippen molar-refractivity contribution in [2.45, 2.75) is 25.3 Å². The predicted octanol–water partition coefficient (Wildman–Crippen LogP) is 1.40. The van der Waals surface area contributed by atoms with E-state index in [1.165, 1.54) is 11.8 Å². The molecule has 1 aromatic heterocycles. The number of fused-ring (bicyclic) bond motifs is 1. The van der Waals surface area contributed by atoms with E-state index >= 15 is 0 Å². The van der Waals surface area contributed by atoms with Gasteiger partial charge in [0.25, 0.3) is 5.91 Å². The maximum absolute atomic E-state index is 12.5. The fourth-order valence-electron chi connectivity index (χ4n) is 3.44. The van der Waals surface area contributed by atoms with Crippen molar-refractivity contribution in [1.82, 2.24) is 14.8 Å². The summed E-state index contributed by atoms with van der Waals surface area (Å²) >= 11 is 1.12. The van der Waals surface area contributed by atoms with E-state index in [0.717, 1.165) is 43.8 Å². The number of rotatable bonds is 2. The summed E-state index contributed by atoms with van der Waals surface area (Å²) in [4.78, 5) is 31.5. The van der Waals surface area contributed by atoms with Crippen LogP contribution in [-0.2, 0) is 0 Å². The number of hydrogen-bond acceptors (Lipinski definition) is 5. The summed E-state index contributed by atoms with van der Waals surface area (Å²) < 4.78 is 0. The van der Waals surface area contributed by atoms with E-state index in [1.54, 1.807) is 0 Å². The number of nitrogens with zero attached hydrogens (tertiary/aromatic N) is 3. The molecule has 0 radical (unpaired) electrons. The molecule has 2 unspecified atom stereocenters. The minimum atomic E-state index is -1.09. The summed E-state index contributed by atoms with van der Waals surface area (Å²) in [6.07, 6.45) is 3.33. The van der Waals surface area contributed by atoms with Crippen molar-refractivity contribution < 1.29 is 14.7 Å². The maximum atomic E-state index is 12.5. The second-order valence-electron chi connectivity index (χ2n) is 5.83. The minimum Gasteiger partial charge on any atom is -0.476 e. The van der Waals surface area contributed by atoms with Crippen molar-refractivity contribution in [3.05, 3.63) is 16.1 Å². The summed E-state index contributed by atoms with van der Waals surface area (Å²) in [5.74, 6) is -0.683. The predicted molar refractivity (Wildman–Crippen MR) is 78.7 cm³/mol. The molecule has 0 aromatic carbocycles. The van der Waals surface area contributed by atoms with E-state index in [-0.39, 0.29) is 16.6 Å². The molecule has 3 heterocycles. The zero-order valence-electron chi connectivity index (χ0n) is 12.0. The van der Waals surface area contributed by atoms with Crippen LogP contribution in [0.4, 0.5) is 0 Å². The Kier molecular flexibility index (Phi) is 3.95. The normalized spacial score (nSPS) is 26.4. The third-order valence-corrected chi connectivity index (χ3v) is 5.37. The number of aromatic nitrogens is 1. The second-order valence-corrected chi connectivity index (χ2v) is 6.69. The van der Waals surface area contributed by atoms with Gasteiger partial charge in [0, 0.05) is 24.5 Å². The Balaban J connectivity index is 1.69. The lowest BCUT2D eigenvalue weighted by Gasteiger charge is -2.45. The van der Waals surface area contributed by atoms with E-state index < -0.39 is 5.97 Å². The van der Waals surface area contributed by atoms with Crippen molar-refractivity contribution in [1.29, 1.82) is 0 Å². The van der Waals surface area contributed by atoms with Crippen LogP contribution in [-0.4, -0.2) is 64.5 Å². The minimum absolute atomic E-state index is 0.0457. The summed E-state index contributed by atoms with van der Waals surface area (Å²) in [6, 6.07) is 0.577. The molecule has 6 nitrogen and oxygen atoms in total. The number of piperidine rings is 2. The number of carboxylic acids is 1. The van der Waals surface area contributed by atoms with Crippen LogP contribution in [0.15, 0.2) is 5.38 Å². The Hall–Kier alpha value is -1.47. The first-order valence-corrected chi connectivity index (χ1v) is 8.12. The lowest BCUT2D eigenvalue weighted by Crippen LogP contribution is -2.53. The fraction of sp³-hybridized carbons (Fsp3) is 0.643. The molecular weight excluding hydrogens is 290 g/mol. The molecule has 114 valence electrons. The summed E-state index contributed by atoms with van der Waals surface area (Å²) in [5.41, 5.74) is -0.0457. The van der Waals surface area contributed by atoms with Gasteiger partial charge in [0.15, 0.2) is 10.7 Å². The highest BCUT2D eigenvalue weighted by Crippen LogP contribution is 2.30. The Morgan fingerprint density at radius 3 is 2.90 bits per heavy atom. The number of thiazole rings is 1. The summed E-state index contributed by atoms with van der Waals surface area (Å²) in [7, 11) is 2.16. The van der Waals surface area contributed by atoms with Gasteiger partial charge in [-0.3, -0.25) is 4.79 Å². The molecule has 0 aliphatic carbocycles. The summed E-state index contributed by atoms with van der Waals surface area (Å²) in [6.45, 7) is 2.63. The molecular formula is C14H19N3O3S. The average molecular weight is 309 g/mol. The molecule has 1 amide bonds. The molecule has 0 spiro atoms. The highest BCUT2D eigenvalue weighted by molar-refractivity contribution is 7.11. The van der Waals surface area contributed by atoms with Crippen LogP contribution in [0, 0.1) is 5.92 Å². The van der Waals surface area contributed by atoms with Crippen molar-refractivity contribution in [2.24, 2.45) is 5.92 Å². The van der Waals surface area contributed by atoms with Gasteiger partial charge in [0.1, 0.15) is 0 Å². The smallest absolute Gasteiger partial charge is 0.355 e. The third-order valence-electron chi connectivity index (χ3n) is 4.54. The quantitative estimate of drug-likeness (QED) is 0.894. The third kappa shape index (κ3) is 2.80. The first kappa shape index (κ1) is 14.5. The van der Waals surface area contributed by atoms with Crippen molar-refractivity contribution in [2.75, 3.05) is 26.7 Å². The van der Waals surface area contributed by atoms with Crippen LogP contribution in [0.3, 0.4) is 0 Å². The average Bonchev–Trinajstić information content (AvgIpc) is 2.96. The van der Waals surface area contributed by atoms with E-state index in [0.29, 0.717) is 12.0 Å². The SMILES string of the molecule is CN1CCCC2CN(C(=O)c3nc(C(=O)O)cs3)CCC21. The van der Waals surface area contributed by atoms with Crippen molar-refractivity contribution in [3.63, 3.8) is 0 Å². The number of aromatic carboxylic acids is 1. The number of carbonyl (C=O) groups excluding carboxylic acids is 1. The van der Waals surface area contributed by atoms with E-state index in [1.807, 2.05) is 4.90 Å². The van der Waals surface area contributed by atoms with Crippen LogP contribution >= 0.6 is 11.3 Å². The van der Waals surface area contributed by atoms with Gasteiger partial charge >= 0.3 is 5.97 Å². The maximum Gasteiger partial charge on any atom is 0.355 e. The van der Waals surface area contributed by atoms with Crippen LogP contribution in [0.2, 0.25) is 0 Å². The van der Waals surface area contributed by atoms with Crippen LogP contribution in [0.1, 0.15) is 39.6 Å². The van der Waals surface area contributed by atoms with E-state index in [4.69, 9.17) is 5.11 Å². The topological polar surface area (TPSA) is 73.7 Å². The molecule has 7 heteroatoms. The van der Waals surface area contributed by atoms with E-state index in [2.05, 4.69) is 16.9 Å². The Bertz CT molecular complexity index is 559. The van der Waals surface area contributed by atoms with Crippen LogP contribution in [0.25, 0.3) is 0 Å². The standard InChI is InChI=1S/C14H19N3O3S/c1-16-5-2-3-9-7-17(6-4-11(9)16)13(18)12-15-10(8-21-12)14(19)20/h8-9,11H,2-7H2,1H3,(H,19,20). The molecule has 1 aromatic rings. The van der Waals surface area contributed by atoms with Crippen molar-refractivity contribution in [3.8, 4) is 0 Å². The molecule has 21 heavy (non-hydrogen) atoms. The molecule has 2 atom stereocenters. The number of carboxylic acid groups (broad SMARTS) is 1. The van der Waals surface area contributed by atoms with Crippen molar-refractivity contribution >= 4 is 23.2 Å². The van der Waals surface area contributed by atoms with Gasteiger partial charge < -0.3 is 14.9 Å². The molecule has 2 aliphatic rings. The second kappa shape index (κ2) is 5.73. The number of hydrogen-bond donors (Lipinski definition) is 1. The van der Waals surface area contributed by atoms with Crippen LogP contribution < -0.4 is 0 Å². The summed E-state index contributed by atoms with van der Waals surface area (Å²) in [5, 5.41) is 10.6. The Labute approximate surface area is 127 Å². The molecule has 2 fully saturated rings. The fourth-order valence-corrected chi connectivity index (χ4v) is 4.20. The largest absolute Gasteiger partial charge is 0.476 e. The van der Waals surface area contributed by atoms with Gasteiger partial charge in [-0.15, -0.1) is 11.3 Å². The van der Waals surface area contributed by atoms with Gasteiger partial charge in [0.05, 0.1) is 0 Å². The molecule has 0 saturated carbocycles. The zero-order valence-corrected chi connectivity index (χ0v) is 12.8. The zero-order chi connectivity index (χ0) is 15.0. The first-order valence-electron chi connectivity index (χ1n) is 7.24. The molecule has 2 aliphatic heterocycles. The highest BCUT2D eigenvalue weighted by atomic mass is 32.1. The van der Waals surface area contributed by atoms with Gasteiger partial charge in [-0.05, 0) is 38.8 Å². The number of carbonyl (C=O) groups is 2. The molecule has 3 rings (SSSR count). The highest BCUT2D eigenvalue weighted by Gasteiger charge is 2.36. The Morgan fingerprint density at radius 2 is 2.19 bits per heavy atom. The molecule has 2 saturated heterocycles. The van der Waals surface area contributed by atoms with Crippen LogP contribution in [0.5, 0.6) is 0 Å². The van der Waals surface area contributed by atoms with Gasteiger partial charge in [-0.25, -0.2) is 9.78 Å².